The lowest BCUT2D eigenvalue weighted by Gasteiger charge is -2.24. The molecule has 1 atom stereocenters. The maximum Gasteiger partial charge on any atom is 0.296 e. The number of aliphatic hydroxyl groups is 1. The van der Waals surface area contributed by atoms with Crippen molar-refractivity contribution in [2.75, 3.05) is 4.90 Å². The number of thiazole rings is 1. The average molecular weight is 448 g/mol. The van der Waals surface area contributed by atoms with Gasteiger partial charge in [-0.25, -0.2) is 9.37 Å². The van der Waals surface area contributed by atoms with Crippen molar-refractivity contribution in [3.63, 3.8) is 0 Å². The van der Waals surface area contributed by atoms with Crippen LogP contribution < -0.4 is 4.90 Å². The first kappa shape index (κ1) is 20.1. The van der Waals surface area contributed by atoms with E-state index in [-0.39, 0.29) is 11.3 Å². The summed E-state index contributed by atoms with van der Waals surface area (Å²) in [4.78, 5) is 33.2. The van der Waals surface area contributed by atoms with Crippen LogP contribution >= 0.6 is 11.3 Å². The maximum absolute atomic E-state index is 13.6. The Morgan fingerprint density at radius 2 is 1.88 bits per heavy atom. The fraction of sp³-hybridized carbons (Fsp3) is 0.125. The summed E-state index contributed by atoms with van der Waals surface area (Å²) in [6.45, 7) is 3.69. The van der Waals surface area contributed by atoms with Crippen LogP contribution in [0, 0.1) is 19.7 Å². The van der Waals surface area contributed by atoms with Crippen molar-refractivity contribution in [1.29, 1.82) is 0 Å². The molecular weight excluding hydrogens is 431 g/mol. The third kappa shape index (κ3) is 3.11. The van der Waals surface area contributed by atoms with Gasteiger partial charge < -0.3 is 9.52 Å². The Morgan fingerprint density at radius 1 is 1.16 bits per heavy atom. The van der Waals surface area contributed by atoms with E-state index in [4.69, 9.17) is 4.42 Å². The first-order chi connectivity index (χ1) is 15.3. The molecule has 3 heterocycles. The number of para-hydroxylation sites is 1. The molecule has 8 heteroatoms. The van der Waals surface area contributed by atoms with Crippen LogP contribution in [0.15, 0.2) is 70.3 Å². The van der Waals surface area contributed by atoms with Gasteiger partial charge in [0.1, 0.15) is 11.4 Å². The highest BCUT2D eigenvalue weighted by molar-refractivity contribution is 7.15. The van der Waals surface area contributed by atoms with Crippen molar-refractivity contribution >= 4 is 39.1 Å². The van der Waals surface area contributed by atoms with Crippen molar-refractivity contribution in [2.45, 2.75) is 19.9 Å². The minimum Gasteiger partial charge on any atom is -0.503 e. The number of halogens is 1. The van der Waals surface area contributed by atoms with Crippen LogP contribution in [0.25, 0.3) is 11.0 Å². The van der Waals surface area contributed by atoms with Gasteiger partial charge in [0.05, 0.1) is 17.3 Å². The van der Waals surface area contributed by atoms with Crippen LogP contribution in [0.4, 0.5) is 9.52 Å². The predicted molar refractivity (Wildman–Crippen MR) is 118 cm³/mol. The second kappa shape index (κ2) is 7.42. The smallest absolute Gasteiger partial charge is 0.296 e. The van der Waals surface area contributed by atoms with E-state index in [1.807, 2.05) is 19.9 Å². The lowest BCUT2D eigenvalue weighted by molar-refractivity contribution is -0.117. The Balaban J connectivity index is 1.67. The van der Waals surface area contributed by atoms with Crippen molar-refractivity contribution in [3.05, 3.63) is 93.6 Å². The van der Waals surface area contributed by atoms with Crippen LogP contribution in [0.2, 0.25) is 0 Å². The van der Waals surface area contributed by atoms with Crippen molar-refractivity contribution in [3.8, 4) is 0 Å². The number of aromatic nitrogens is 1. The van der Waals surface area contributed by atoms with E-state index in [1.54, 1.807) is 24.3 Å². The first-order valence-electron chi connectivity index (χ1n) is 9.84. The van der Waals surface area contributed by atoms with E-state index in [9.17, 15) is 19.1 Å². The Morgan fingerprint density at radius 3 is 2.53 bits per heavy atom. The van der Waals surface area contributed by atoms with Crippen LogP contribution in [0.5, 0.6) is 0 Å². The number of benzene rings is 2. The molecule has 4 aromatic rings. The number of amides is 1. The summed E-state index contributed by atoms with van der Waals surface area (Å²) in [5, 5.41) is 11.9. The van der Waals surface area contributed by atoms with Crippen molar-refractivity contribution < 1.29 is 23.5 Å². The van der Waals surface area contributed by atoms with Crippen LogP contribution in [0.1, 0.15) is 32.7 Å². The second-order valence-corrected chi connectivity index (χ2v) is 8.69. The number of Topliss-reactive ketones (excluding diaryl/α,β-unsaturated/α-hetero) is 1. The molecule has 0 bridgehead atoms. The fourth-order valence-corrected chi connectivity index (χ4v) is 4.72. The molecular formula is C24H17FN2O4S. The molecule has 1 aliphatic rings. The summed E-state index contributed by atoms with van der Waals surface area (Å²) < 4.78 is 19.3. The number of hydrogen-bond donors (Lipinski definition) is 1. The quantitative estimate of drug-likeness (QED) is 0.421. The molecule has 0 saturated carbocycles. The Hall–Kier alpha value is -3.78. The van der Waals surface area contributed by atoms with Gasteiger partial charge in [-0.1, -0.05) is 30.3 Å². The highest BCUT2D eigenvalue weighted by Gasteiger charge is 2.46. The Kier molecular flexibility index (Phi) is 4.67. The van der Waals surface area contributed by atoms with E-state index < -0.39 is 29.3 Å². The molecule has 0 spiro atoms. The molecule has 1 N–H and O–H groups in total. The van der Waals surface area contributed by atoms with E-state index in [0.717, 1.165) is 16.0 Å². The molecule has 1 amide bonds. The molecule has 32 heavy (non-hydrogen) atoms. The Labute approximate surface area is 186 Å². The van der Waals surface area contributed by atoms with Crippen LogP contribution in [-0.2, 0) is 4.79 Å². The zero-order chi connectivity index (χ0) is 22.6. The number of ketones is 1. The highest BCUT2D eigenvalue weighted by Crippen LogP contribution is 2.43. The molecule has 1 aliphatic heterocycles. The number of carbonyl (C=O) groups is 2. The second-order valence-electron chi connectivity index (χ2n) is 7.51. The van der Waals surface area contributed by atoms with Gasteiger partial charge in [0, 0.05) is 10.3 Å². The number of hydrogen-bond acceptors (Lipinski definition) is 6. The number of aryl methyl sites for hydroxylation is 2. The summed E-state index contributed by atoms with van der Waals surface area (Å²) in [5.74, 6) is -2.48. The first-order valence-corrected chi connectivity index (χ1v) is 10.7. The number of fused-ring (bicyclic) bond motifs is 1. The average Bonchev–Trinajstić information content (AvgIpc) is 3.43. The van der Waals surface area contributed by atoms with Gasteiger partial charge in [0.25, 0.3) is 5.91 Å². The van der Waals surface area contributed by atoms with E-state index in [2.05, 4.69) is 4.98 Å². The third-order valence-corrected chi connectivity index (χ3v) is 6.58. The van der Waals surface area contributed by atoms with E-state index in [0.29, 0.717) is 16.3 Å². The molecule has 6 nitrogen and oxygen atoms in total. The van der Waals surface area contributed by atoms with Gasteiger partial charge >= 0.3 is 0 Å². The number of anilines is 1. The van der Waals surface area contributed by atoms with Gasteiger partial charge in [0.15, 0.2) is 16.7 Å². The number of aliphatic hydroxyl groups excluding tert-OH is 1. The third-order valence-electron chi connectivity index (χ3n) is 5.51. The molecule has 0 radical (unpaired) electrons. The fourth-order valence-electron chi connectivity index (χ4n) is 3.78. The topological polar surface area (TPSA) is 83.6 Å². The molecule has 2 aromatic carbocycles. The number of rotatable bonds is 4. The summed E-state index contributed by atoms with van der Waals surface area (Å²) in [7, 11) is 0. The van der Waals surface area contributed by atoms with Crippen LogP contribution in [-0.4, -0.2) is 21.8 Å². The lowest BCUT2D eigenvalue weighted by Crippen LogP contribution is -2.31. The minimum absolute atomic E-state index is 0.000937. The molecule has 160 valence electrons. The zero-order valence-electron chi connectivity index (χ0n) is 17.1. The molecule has 5 rings (SSSR count). The van der Waals surface area contributed by atoms with E-state index >= 15 is 0 Å². The van der Waals surface area contributed by atoms with Gasteiger partial charge in [-0.3, -0.25) is 14.5 Å². The minimum atomic E-state index is -0.978. The molecule has 1 unspecified atom stereocenters. The number of carbonyl (C=O) groups excluding carboxylic acids is 2. The monoisotopic (exact) mass is 448 g/mol. The van der Waals surface area contributed by atoms with Crippen molar-refractivity contribution in [2.24, 2.45) is 0 Å². The largest absolute Gasteiger partial charge is 0.503 e. The highest BCUT2D eigenvalue weighted by atomic mass is 32.1. The van der Waals surface area contributed by atoms with Gasteiger partial charge in [0.2, 0.25) is 5.78 Å². The molecule has 0 aliphatic carbocycles. The van der Waals surface area contributed by atoms with Gasteiger partial charge in [-0.05, 0) is 43.7 Å². The summed E-state index contributed by atoms with van der Waals surface area (Å²) in [6, 6.07) is 13.2. The number of furan rings is 1. The van der Waals surface area contributed by atoms with E-state index in [1.165, 1.54) is 40.5 Å². The maximum atomic E-state index is 13.6. The molecule has 2 aromatic heterocycles. The van der Waals surface area contributed by atoms with Gasteiger partial charge in [-0.2, -0.15) is 0 Å². The summed E-state index contributed by atoms with van der Waals surface area (Å²) >= 11 is 1.28. The standard InChI is InChI=1S/C24H17FN2O4S/c1-12-13(2)32-24(26-12)27-20(14-7-9-16(25)10-8-14)19(22(29)23(27)30)21(28)18-11-15-5-3-4-6-17(15)31-18/h3-11,20,29H,1-2H3. The predicted octanol–water partition coefficient (Wildman–Crippen LogP) is 5.43. The number of nitrogens with zero attached hydrogens (tertiary/aromatic N) is 2. The zero-order valence-corrected chi connectivity index (χ0v) is 17.9. The van der Waals surface area contributed by atoms with Crippen LogP contribution in [0.3, 0.4) is 0 Å². The molecule has 0 fully saturated rings. The SMILES string of the molecule is Cc1nc(N2C(=O)C(O)=C(C(=O)c3cc4ccccc4o3)C2c2ccc(F)cc2)sc1C. The lowest BCUT2D eigenvalue weighted by atomic mass is 9.95. The molecule has 0 saturated heterocycles. The van der Waals surface area contributed by atoms with Gasteiger partial charge in [-0.15, -0.1) is 11.3 Å². The summed E-state index contributed by atoms with van der Waals surface area (Å²) in [6.07, 6.45) is 0. The van der Waals surface area contributed by atoms with Crippen molar-refractivity contribution in [1.82, 2.24) is 4.98 Å². The summed E-state index contributed by atoms with van der Waals surface area (Å²) in [5.41, 5.74) is 1.59. The Bertz CT molecular complexity index is 1370. The normalized spacial score (nSPS) is 16.4.